The van der Waals surface area contributed by atoms with E-state index in [1.807, 2.05) is 17.5 Å². The summed E-state index contributed by atoms with van der Waals surface area (Å²) in [5.74, 6) is -0.266. The van der Waals surface area contributed by atoms with Crippen LogP contribution in [0.3, 0.4) is 0 Å². The van der Waals surface area contributed by atoms with Crippen LogP contribution in [0.5, 0.6) is 0 Å². The largest absolute Gasteiger partial charge is 0.463 e. The van der Waals surface area contributed by atoms with E-state index in [0.29, 0.717) is 6.61 Å². The molecule has 0 aliphatic rings. The van der Waals surface area contributed by atoms with E-state index in [9.17, 15) is 4.79 Å². The third kappa shape index (κ3) is 5.71. The standard InChI is InChI=1S/C13H18O2S/c1-13(2,3)8-9-15-12(14)7-6-11-5-4-10-16-11/h4-7,10H,8-9H2,1-3H3/b7-6+. The van der Waals surface area contributed by atoms with Crippen LogP contribution in [0.1, 0.15) is 32.1 Å². The van der Waals surface area contributed by atoms with Crippen molar-refractivity contribution in [1.29, 1.82) is 0 Å². The first-order valence-corrected chi connectivity index (χ1v) is 6.24. The van der Waals surface area contributed by atoms with Crippen molar-refractivity contribution in [2.75, 3.05) is 6.61 Å². The Morgan fingerprint density at radius 2 is 2.25 bits per heavy atom. The highest BCUT2D eigenvalue weighted by Crippen LogP contribution is 2.18. The van der Waals surface area contributed by atoms with Crippen molar-refractivity contribution in [3.05, 3.63) is 28.5 Å². The predicted octanol–water partition coefficient (Wildman–Crippen LogP) is 3.74. The minimum absolute atomic E-state index is 0.206. The molecule has 88 valence electrons. The average Bonchev–Trinajstić information content (AvgIpc) is 2.65. The fourth-order valence-corrected chi connectivity index (χ4v) is 1.66. The third-order valence-corrected chi connectivity index (χ3v) is 2.86. The molecule has 0 saturated heterocycles. The quantitative estimate of drug-likeness (QED) is 0.590. The van der Waals surface area contributed by atoms with Crippen LogP contribution in [-0.2, 0) is 9.53 Å². The molecule has 0 radical (unpaired) electrons. The summed E-state index contributed by atoms with van der Waals surface area (Å²) in [7, 11) is 0. The Labute approximate surface area is 101 Å². The zero-order valence-electron chi connectivity index (χ0n) is 10.0. The summed E-state index contributed by atoms with van der Waals surface area (Å²) >= 11 is 1.60. The van der Waals surface area contributed by atoms with E-state index in [4.69, 9.17) is 4.74 Å². The summed E-state index contributed by atoms with van der Waals surface area (Å²) in [6, 6.07) is 3.92. The van der Waals surface area contributed by atoms with Crippen LogP contribution in [-0.4, -0.2) is 12.6 Å². The lowest BCUT2D eigenvalue weighted by molar-refractivity contribution is -0.138. The maximum atomic E-state index is 11.3. The van der Waals surface area contributed by atoms with E-state index in [2.05, 4.69) is 20.8 Å². The first kappa shape index (κ1) is 13.0. The van der Waals surface area contributed by atoms with Gasteiger partial charge in [-0.3, -0.25) is 0 Å². The number of hydrogen-bond acceptors (Lipinski definition) is 3. The van der Waals surface area contributed by atoms with Gasteiger partial charge in [-0.1, -0.05) is 26.8 Å². The molecule has 0 unspecified atom stereocenters. The molecular formula is C13H18O2S. The van der Waals surface area contributed by atoms with E-state index >= 15 is 0 Å². The number of thiophene rings is 1. The number of carbonyl (C=O) groups is 1. The minimum atomic E-state index is -0.266. The molecule has 0 bridgehead atoms. The lowest BCUT2D eigenvalue weighted by Gasteiger charge is -2.16. The highest BCUT2D eigenvalue weighted by molar-refractivity contribution is 7.10. The van der Waals surface area contributed by atoms with Gasteiger partial charge in [0.2, 0.25) is 0 Å². The van der Waals surface area contributed by atoms with Crippen molar-refractivity contribution < 1.29 is 9.53 Å². The number of esters is 1. The Kier molecular flexibility index (Phi) is 4.74. The van der Waals surface area contributed by atoms with Crippen LogP contribution in [0, 0.1) is 5.41 Å². The Morgan fingerprint density at radius 1 is 1.50 bits per heavy atom. The van der Waals surface area contributed by atoms with E-state index in [0.717, 1.165) is 11.3 Å². The summed E-state index contributed by atoms with van der Waals surface area (Å²) in [6.45, 7) is 6.87. The molecule has 0 saturated carbocycles. The summed E-state index contributed by atoms with van der Waals surface area (Å²) in [4.78, 5) is 12.4. The van der Waals surface area contributed by atoms with Gasteiger partial charge < -0.3 is 4.74 Å². The molecule has 0 amide bonds. The summed E-state index contributed by atoms with van der Waals surface area (Å²) < 4.78 is 5.10. The summed E-state index contributed by atoms with van der Waals surface area (Å²) in [6.07, 6.45) is 4.14. The molecule has 1 aromatic rings. The van der Waals surface area contributed by atoms with Crippen LogP contribution < -0.4 is 0 Å². The van der Waals surface area contributed by atoms with Gasteiger partial charge in [0.25, 0.3) is 0 Å². The Bertz CT molecular complexity index is 345. The average molecular weight is 238 g/mol. The van der Waals surface area contributed by atoms with Gasteiger partial charge in [-0.2, -0.15) is 0 Å². The number of ether oxygens (including phenoxy) is 1. The van der Waals surface area contributed by atoms with Crippen LogP contribution in [0.15, 0.2) is 23.6 Å². The fraction of sp³-hybridized carbons (Fsp3) is 0.462. The van der Waals surface area contributed by atoms with E-state index < -0.39 is 0 Å². The second-order valence-corrected chi connectivity index (χ2v) is 5.81. The molecular weight excluding hydrogens is 220 g/mol. The maximum absolute atomic E-state index is 11.3. The van der Waals surface area contributed by atoms with Crippen molar-refractivity contribution in [2.24, 2.45) is 5.41 Å². The molecule has 0 aliphatic carbocycles. The second-order valence-electron chi connectivity index (χ2n) is 4.83. The van der Waals surface area contributed by atoms with Gasteiger partial charge in [-0.05, 0) is 29.4 Å². The van der Waals surface area contributed by atoms with Gasteiger partial charge in [0.15, 0.2) is 0 Å². The summed E-state index contributed by atoms with van der Waals surface area (Å²) in [5, 5.41) is 1.98. The van der Waals surface area contributed by atoms with Crippen molar-refractivity contribution >= 4 is 23.4 Å². The third-order valence-electron chi connectivity index (χ3n) is 2.02. The fourth-order valence-electron chi connectivity index (χ4n) is 1.04. The molecule has 0 atom stereocenters. The van der Waals surface area contributed by atoms with Crippen LogP contribution in [0.2, 0.25) is 0 Å². The minimum Gasteiger partial charge on any atom is -0.463 e. The van der Waals surface area contributed by atoms with Gasteiger partial charge >= 0.3 is 5.97 Å². The number of hydrogen-bond donors (Lipinski definition) is 0. The van der Waals surface area contributed by atoms with Crippen LogP contribution >= 0.6 is 11.3 Å². The van der Waals surface area contributed by atoms with E-state index in [-0.39, 0.29) is 11.4 Å². The number of rotatable bonds is 4. The molecule has 0 fully saturated rings. The molecule has 0 aromatic carbocycles. The molecule has 0 N–H and O–H groups in total. The van der Waals surface area contributed by atoms with Gasteiger partial charge in [0.1, 0.15) is 0 Å². The van der Waals surface area contributed by atoms with E-state index in [1.54, 1.807) is 17.4 Å². The topological polar surface area (TPSA) is 26.3 Å². The molecule has 0 aliphatic heterocycles. The zero-order valence-corrected chi connectivity index (χ0v) is 10.8. The lowest BCUT2D eigenvalue weighted by Crippen LogP contribution is -2.11. The van der Waals surface area contributed by atoms with Crippen molar-refractivity contribution in [2.45, 2.75) is 27.2 Å². The van der Waals surface area contributed by atoms with Crippen molar-refractivity contribution in [3.8, 4) is 0 Å². The van der Waals surface area contributed by atoms with E-state index in [1.165, 1.54) is 6.08 Å². The Balaban J connectivity index is 2.26. The van der Waals surface area contributed by atoms with Gasteiger partial charge in [0, 0.05) is 11.0 Å². The van der Waals surface area contributed by atoms with Crippen LogP contribution in [0.25, 0.3) is 6.08 Å². The normalized spacial score (nSPS) is 11.9. The smallest absolute Gasteiger partial charge is 0.330 e. The zero-order chi connectivity index (χ0) is 12.0. The predicted molar refractivity (Wildman–Crippen MR) is 68.4 cm³/mol. The Hall–Kier alpha value is -1.09. The first-order valence-electron chi connectivity index (χ1n) is 5.36. The van der Waals surface area contributed by atoms with Gasteiger partial charge in [-0.15, -0.1) is 11.3 Å². The second kappa shape index (κ2) is 5.85. The SMILES string of the molecule is CC(C)(C)CCOC(=O)/C=C/c1cccs1. The van der Waals surface area contributed by atoms with Crippen molar-refractivity contribution in [3.63, 3.8) is 0 Å². The molecule has 3 heteroatoms. The lowest BCUT2D eigenvalue weighted by atomic mass is 9.93. The highest BCUT2D eigenvalue weighted by atomic mass is 32.1. The molecule has 1 rings (SSSR count). The monoisotopic (exact) mass is 238 g/mol. The Morgan fingerprint density at radius 3 is 2.81 bits per heavy atom. The molecule has 0 spiro atoms. The molecule has 16 heavy (non-hydrogen) atoms. The maximum Gasteiger partial charge on any atom is 0.330 e. The van der Waals surface area contributed by atoms with Gasteiger partial charge in [0.05, 0.1) is 6.61 Å². The van der Waals surface area contributed by atoms with Crippen LogP contribution in [0.4, 0.5) is 0 Å². The molecule has 2 nitrogen and oxygen atoms in total. The van der Waals surface area contributed by atoms with Gasteiger partial charge in [-0.25, -0.2) is 4.79 Å². The van der Waals surface area contributed by atoms with Crippen molar-refractivity contribution in [1.82, 2.24) is 0 Å². The molecule has 1 heterocycles. The first-order chi connectivity index (χ1) is 7.47. The molecule has 1 aromatic heterocycles. The number of carbonyl (C=O) groups excluding carboxylic acids is 1. The summed E-state index contributed by atoms with van der Waals surface area (Å²) in [5.41, 5.74) is 0.206. The highest BCUT2D eigenvalue weighted by Gasteiger charge is 2.10.